The van der Waals surface area contributed by atoms with Gasteiger partial charge in [0.25, 0.3) is 0 Å². The van der Waals surface area contributed by atoms with Gasteiger partial charge < -0.3 is 29.5 Å². The summed E-state index contributed by atoms with van der Waals surface area (Å²) in [6, 6.07) is -0.977. The number of nitrogens with zero attached hydrogens (tertiary/aromatic N) is 1. The number of carbonyl (C=O) groups is 3. The van der Waals surface area contributed by atoms with Gasteiger partial charge >= 0.3 is 18.2 Å². The summed E-state index contributed by atoms with van der Waals surface area (Å²) in [5.41, 5.74) is 0.802. The first-order chi connectivity index (χ1) is 22.7. The van der Waals surface area contributed by atoms with Gasteiger partial charge in [0, 0.05) is 18.5 Å². The van der Waals surface area contributed by atoms with Crippen LogP contribution in [-0.2, 0) is 19.0 Å². The molecule has 10 unspecified atom stereocenters. The van der Waals surface area contributed by atoms with Crippen molar-refractivity contribution in [2.75, 3.05) is 13.1 Å². The van der Waals surface area contributed by atoms with Crippen LogP contribution in [-0.4, -0.2) is 71.7 Å². The van der Waals surface area contributed by atoms with E-state index in [-0.39, 0.29) is 47.3 Å². The number of nitrogens with one attached hydrogen (secondary N) is 1. The third kappa shape index (κ3) is 5.55. The number of ether oxygens (including phenoxy) is 3. The van der Waals surface area contributed by atoms with Crippen LogP contribution in [0.2, 0.25) is 0 Å². The molecule has 0 radical (unpaired) electrons. The van der Waals surface area contributed by atoms with Crippen molar-refractivity contribution >= 4 is 18.2 Å². The molecule has 6 saturated carbocycles. The van der Waals surface area contributed by atoms with Crippen LogP contribution in [0.15, 0.2) is 0 Å². The predicted molar refractivity (Wildman–Crippen MR) is 181 cm³/mol. The SMILES string of the molecule is CC(NC(=O)OC1CCCC23CC4(CCCC5(C)C6CCC(C(OC(=O)N7CCC7)C(C)C)OC6CC5C4CCC2C1(C)C)C3)C(=O)O. The number of carbonyl (C=O) groups excluding carboxylic acids is 2. The number of hydrogen-bond acceptors (Lipinski definition) is 6. The van der Waals surface area contributed by atoms with Gasteiger partial charge in [-0.25, -0.2) is 9.59 Å². The van der Waals surface area contributed by atoms with E-state index < -0.39 is 18.1 Å². The molecular weight excluding hydrogens is 608 g/mol. The average molecular weight is 671 g/mol. The Balaban J connectivity index is 1.08. The van der Waals surface area contributed by atoms with E-state index in [0.29, 0.717) is 34.5 Å². The Hall–Kier alpha value is -2.03. The molecule has 2 heterocycles. The third-order valence-corrected chi connectivity index (χ3v) is 15.5. The number of fused-ring (bicyclic) bond motifs is 4. The number of aliphatic carboxylic acids is 1. The van der Waals surface area contributed by atoms with Crippen LogP contribution in [0, 0.1) is 51.2 Å². The Morgan fingerprint density at radius 2 is 1.56 bits per heavy atom. The van der Waals surface area contributed by atoms with Crippen molar-refractivity contribution in [1.29, 1.82) is 0 Å². The first kappa shape index (κ1) is 34.4. The first-order valence-corrected chi connectivity index (χ1v) is 19.5. The van der Waals surface area contributed by atoms with E-state index in [0.717, 1.165) is 51.6 Å². The highest BCUT2D eigenvalue weighted by atomic mass is 16.6. The summed E-state index contributed by atoms with van der Waals surface area (Å²) in [7, 11) is 0. The second-order valence-electron chi connectivity index (χ2n) is 18.7. The van der Waals surface area contributed by atoms with E-state index in [2.05, 4.69) is 39.9 Å². The number of carboxylic acids is 1. The Kier molecular flexibility index (Phi) is 8.84. The molecule has 6 aliphatic carbocycles. The number of hydrogen-bond donors (Lipinski definition) is 2. The van der Waals surface area contributed by atoms with Gasteiger partial charge in [-0.3, -0.25) is 4.79 Å². The van der Waals surface area contributed by atoms with Gasteiger partial charge in [0.2, 0.25) is 0 Å². The van der Waals surface area contributed by atoms with Crippen LogP contribution in [0.3, 0.4) is 0 Å². The van der Waals surface area contributed by atoms with Gasteiger partial charge in [-0.1, -0.05) is 41.0 Å². The van der Waals surface area contributed by atoms with Crippen LogP contribution in [0.5, 0.6) is 0 Å². The summed E-state index contributed by atoms with van der Waals surface area (Å²) in [6.45, 7) is 14.6. The summed E-state index contributed by atoms with van der Waals surface area (Å²) in [5.74, 6) is 1.53. The zero-order valence-corrected chi connectivity index (χ0v) is 30.4. The molecule has 0 aromatic heterocycles. The van der Waals surface area contributed by atoms with Crippen LogP contribution in [0.1, 0.15) is 131 Å². The van der Waals surface area contributed by atoms with Gasteiger partial charge in [-0.2, -0.15) is 0 Å². The number of amides is 2. The lowest BCUT2D eigenvalue weighted by molar-refractivity contribution is -0.147. The molecule has 9 heteroatoms. The molecule has 2 amide bonds. The predicted octanol–water partition coefficient (Wildman–Crippen LogP) is 7.80. The monoisotopic (exact) mass is 670 g/mol. The number of rotatable bonds is 6. The van der Waals surface area contributed by atoms with Gasteiger partial charge in [0.05, 0.1) is 12.2 Å². The standard InChI is InChI=1S/C39H62N2O7/c1-23(2)32(48-35(45)41-18-9-19-41)28-13-11-26-29(46-28)20-27-25-12-14-30-36(4,5)31(47-34(44)40-24(3)33(42)43)10-7-16-39(30)21-38(25,22-39)17-8-15-37(26,27)6/h23-32H,7-22H2,1-6H3,(H,40,44)(H,42,43). The van der Waals surface area contributed by atoms with Crippen LogP contribution in [0.25, 0.3) is 0 Å². The average Bonchev–Trinajstić information content (AvgIpc) is 3.09. The van der Waals surface area contributed by atoms with Crippen molar-refractivity contribution in [3.63, 3.8) is 0 Å². The molecule has 2 bridgehead atoms. The molecule has 2 aliphatic heterocycles. The molecular formula is C39H62N2O7. The Labute approximate surface area is 287 Å². The molecule has 2 N–H and O–H groups in total. The van der Waals surface area contributed by atoms with Crippen LogP contribution in [0.4, 0.5) is 9.59 Å². The zero-order valence-electron chi connectivity index (χ0n) is 30.4. The van der Waals surface area contributed by atoms with Crippen molar-refractivity contribution in [2.24, 2.45) is 51.2 Å². The van der Waals surface area contributed by atoms with Crippen LogP contribution < -0.4 is 5.32 Å². The second kappa shape index (κ2) is 12.3. The Bertz CT molecular complexity index is 1260. The second-order valence-corrected chi connectivity index (χ2v) is 18.7. The number of alkyl carbamates (subject to hydrolysis) is 1. The van der Waals surface area contributed by atoms with Crippen molar-refractivity contribution in [3.8, 4) is 0 Å². The lowest BCUT2D eigenvalue weighted by atomic mass is 9.42. The molecule has 0 aromatic rings. The van der Waals surface area contributed by atoms with Gasteiger partial charge in [-0.15, -0.1) is 0 Å². The summed E-state index contributed by atoms with van der Waals surface area (Å²) >= 11 is 0. The molecule has 0 aromatic carbocycles. The van der Waals surface area contributed by atoms with E-state index in [1.807, 2.05) is 4.90 Å². The Morgan fingerprint density at radius 1 is 0.854 bits per heavy atom. The van der Waals surface area contributed by atoms with E-state index in [1.165, 1.54) is 58.3 Å². The Morgan fingerprint density at radius 3 is 2.23 bits per heavy atom. The maximum atomic E-state index is 12.8. The lowest BCUT2D eigenvalue weighted by Gasteiger charge is -2.63. The smallest absolute Gasteiger partial charge is 0.410 e. The van der Waals surface area contributed by atoms with Crippen molar-refractivity contribution in [3.05, 3.63) is 0 Å². The fourth-order valence-electron chi connectivity index (χ4n) is 13.2. The highest BCUT2D eigenvalue weighted by molar-refractivity contribution is 5.79. The highest BCUT2D eigenvalue weighted by Crippen LogP contribution is 2.77. The summed E-state index contributed by atoms with van der Waals surface area (Å²) < 4.78 is 19.3. The molecule has 2 spiro atoms. The molecule has 8 fully saturated rings. The normalized spacial score (nSPS) is 44.0. The van der Waals surface area contributed by atoms with Crippen molar-refractivity contribution < 1.29 is 33.7 Å². The number of carboxylic acid groups (broad SMARTS) is 1. The maximum absolute atomic E-state index is 12.8. The van der Waals surface area contributed by atoms with E-state index in [1.54, 1.807) is 0 Å². The lowest BCUT2D eigenvalue weighted by Crippen LogP contribution is -2.56. The minimum Gasteiger partial charge on any atom is -0.480 e. The molecule has 48 heavy (non-hydrogen) atoms. The van der Waals surface area contributed by atoms with Crippen LogP contribution >= 0.6 is 0 Å². The summed E-state index contributed by atoms with van der Waals surface area (Å²) in [6.07, 6.45) is 15.4. The van der Waals surface area contributed by atoms with Gasteiger partial charge in [0.1, 0.15) is 18.2 Å². The van der Waals surface area contributed by atoms with Crippen molar-refractivity contribution in [1.82, 2.24) is 10.2 Å². The summed E-state index contributed by atoms with van der Waals surface area (Å²) in [5, 5.41) is 11.8. The fraction of sp³-hybridized carbons (Fsp3) is 0.923. The summed E-state index contributed by atoms with van der Waals surface area (Å²) in [4.78, 5) is 38.9. The molecule has 10 atom stereocenters. The molecule has 9 nitrogen and oxygen atoms in total. The van der Waals surface area contributed by atoms with Crippen molar-refractivity contribution in [2.45, 2.75) is 162 Å². The maximum Gasteiger partial charge on any atom is 0.410 e. The highest BCUT2D eigenvalue weighted by Gasteiger charge is 2.70. The molecule has 2 saturated heterocycles. The topological polar surface area (TPSA) is 114 Å². The zero-order chi connectivity index (χ0) is 34.2. The van der Waals surface area contributed by atoms with Gasteiger partial charge in [-0.05, 0) is 136 Å². The minimum atomic E-state index is -1.06. The molecule has 8 aliphatic rings. The molecule has 270 valence electrons. The van der Waals surface area contributed by atoms with Gasteiger partial charge in [0.15, 0.2) is 0 Å². The van der Waals surface area contributed by atoms with E-state index in [9.17, 15) is 19.5 Å². The first-order valence-electron chi connectivity index (χ1n) is 19.5. The number of likely N-dealkylation sites (tertiary alicyclic amines) is 1. The fourth-order valence-corrected chi connectivity index (χ4v) is 13.2. The largest absolute Gasteiger partial charge is 0.480 e. The van der Waals surface area contributed by atoms with E-state index in [4.69, 9.17) is 14.2 Å². The third-order valence-electron chi connectivity index (χ3n) is 15.5. The minimum absolute atomic E-state index is 0.0301. The quantitative estimate of drug-likeness (QED) is 0.296. The van der Waals surface area contributed by atoms with E-state index >= 15 is 0 Å². The molecule has 8 rings (SSSR count).